The second-order valence-electron chi connectivity index (χ2n) is 5.73. The lowest BCUT2D eigenvalue weighted by Crippen LogP contribution is -2.47. The highest BCUT2D eigenvalue weighted by Gasteiger charge is 2.27. The molecule has 1 aromatic rings. The largest absolute Gasteiger partial charge is 0.397 e. The van der Waals surface area contributed by atoms with Gasteiger partial charge in [-0.2, -0.15) is 0 Å². The summed E-state index contributed by atoms with van der Waals surface area (Å²) in [6.45, 7) is 5.20. The Hall–Kier alpha value is -1.82. The molecular weight excluding hydrogens is 256 g/mol. The molecule has 1 aliphatic heterocycles. The van der Waals surface area contributed by atoms with Gasteiger partial charge in [0.1, 0.15) is 0 Å². The van der Waals surface area contributed by atoms with Gasteiger partial charge in [-0.15, -0.1) is 0 Å². The quantitative estimate of drug-likeness (QED) is 0.514. The second kappa shape index (κ2) is 5.28. The van der Waals surface area contributed by atoms with Crippen molar-refractivity contribution in [1.82, 2.24) is 4.90 Å². The zero-order valence-corrected chi connectivity index (χ0v) is 11.5. The van der Waals surface area contributed by atoms with E-state index in [1.54, 1.807) is 6.07 Å². The molecule has 1 heterocycles. The zero-order valence-electron chi connectivity index (χ0n) is 11.5. The van der Waals surface area contributed by atoms with E-state index in [9.17, 15) is 10.1 Å². The molecule has 108 valence electrons. The van der Waals surface area contributed by atoms with Crippen LogP contribution in [0, 0.1) is 16.0 Å². The molecule has 1 saturated heterocycles. The molecule has 20 heavy (non-hydrogen) atoms. The summed E-state index contributed by atoms with van der Waals surface area (Å²) in [5.74, 6) is 0.922. The minimum Gasteiger partial charge on any atom is -0.397 e. The molecule has 0 bridgehead atoms. The van der Waals surface area contributed by atoms with E-state index in [2.05, 4.69) is 9.80 Å². The first kappa shape index (κ1) is 13.2. The molecule has 0 spiro atoms. The first-order valence-corrected chi connectivity index (χ1v) is 7.14. The molecule has 6 nitrogen and oxygen atoms in total. The van der Waals surface area contributed by atoms with E-state index in [0.717, 1.165) is 37.8 Å². The van der Waals surface area contributed by atoms with Crippen LogP contribution in [0.2, 0.25) is 0 Å². The molecule has 0 radical (unpaired) electrons. The summed E-state index contributed by atoms with van der Waals surface area (Å²) in [6.07, 6.45) is 2.77. The molecule has 1 aliphatic carbocycles. The van der Waals surface area contributed by atoms with Gasteiger partial charge in [-0.25, -0.2) is 0 Å². The summed E-state index contributed by atoms with van der Waals surface area (Å²) >= 11 is 0. The van der Waals surface area contributed by atoms with E-state index in [1.807, 2.05) is 0 Å². The van der Waals surface area contributed by atoms with Crippen LogP contribution < -0.4 is 10.6 Å². The summed E-state index contributed by atoms with van der Waals surface area (Å²) in [5.41, 5.74) is 7.42. The number of piperazine rings is 1. The third-order valence-electron chi connectivity index (χ3n) is 4.15. The number of anilines is 2. The van der Waals surface area contributed by atoms with Gasteiger partial charge in [0.2, 0.25) is 0 Å². The summed E-state index contributed by atoms with van der Waals surface area (Å²) in [5, 5.41) is 10.7. The number of non-ortho nitro benzene ring substituents is 1. The van der Waals surface area contributed by atoms with Crippen LogP contribution in [0.5, 0.6) is 0 Å². The normalized spacial score (nSPS) is 20.1. The lowest BCUT2D eigenvalue weighted by Gasteiger charge is -2.36. The molecule has 0 unspecified atom stereocenters. The Morgan fingerprint density at radius 2 is 1.95 bits per heavy atom. The fraction of sp³-hybridized carbons (Fsp3) is 0.571. The van der Waals surface area contributed by atoms with Crippen molar-refractivity contribution in [2.24, 2.45) is 5.92 Å². The van der Waals surface area contributed by atoms with Gasteiger partial charge in [0.15, 0.2) is 0 Å². The van der Waals surface area contributed by atoms with Gasteiger partial charge < -0.3 is 10.6 Å². The monoisotopic (exact) mass is 276 g/mol. The van der Waals surface area contributed by atoms with Crippen LogP contribution in [0.3, 0.4) is 0 Å². The molecule has 0 atom stereocenters. The van der Waals surface area contributed by atoms with Crippen molar-refractivity contribution in [2.75, 3.05) is 43.4 Å². The van der Waals surface area contributed by atoms with Crippen LogP contribution in [0.25, 0.3) is 0 Å². The summed E-state index contributed by atoms with van der Waals surface area (Å²) in [6, 6.07) is 4.75. The average Bonchev–Trinajstić information content (AvgIpc) is 3.24. The molecule has 2 N–H and O–H groups in total. The van der Waals surface area contributed by atoms with E-state index in [0.29, 0.717) is 5.69 Å². The van der Waals surface area contributed by atoms with E-state index in [1.165, 1.54) is 31.5 Å². The summed E-state index contributed by atoms with van der Waals surface area (Å²) < 4.78 is 0. The van der Waals surface area contributed by atoms with Gasteiger partial charge in [0, 0.05) is 44.9 Å². The van der Waals surface area contributed by atoms with Gasteiger partial charge in [-0.1, -0.05) is 0 Å². The van der Waals surface area contributed by atoms with Crippen LogP contribution in [0.1, 0.15) is 12.8 Å². The molecule has 0 aromatic heterocycles. The Kier molecular flexibility index (Phi) is 3.48. The zero-order chi connectivity index (χ0) is 14.1. The third-order valence-corrected chi connectivity index (χ3v) is 4.15. The van der Waals surface area contributed by atoms with E-state index < -0.39 is 4.92 Å². The maximum Gasteiger partial charge on any atom is 0.271 e. The molecule has 0 amide bonds. The fourth-order valence-corrected chi connectivity index (χ4v) is 2.78. The number of hydrogen-bond donors (Lipinski definition) is 1. The third kappa shape index (κ3) is 2.85. The van der Waals surface area contributed by atoms with Crippen molar-refractivity contribution in [3.63, 3.8) is 0 Å². The number of benzene rings is 1. The highest BCUT2D eigenvalue weighted by molar-refractivity contribution is 5.70. The minimum absolute atomic E-state index is 0.0543. The standard InChI is InChI=1S/C14H20N4O2/c15-13-9-12(18(19)20)3-4-14(13)17-7-5-16(6-8-17)10-11-1-2-11/h3-4,9,11H,1-2,5-8,10,15H2. The second-order valence-corrected chi connectivity index (χ2v) is 5.73. The van der Waals surface area contributed by atoms with Gasteiger partial charge in [0.05, 0.1) is 16.3 Å². The van der Waals surface area contributed by atoms with Gasteiger partial charge in [0.25, 0.3) is 5.69 Å². The van der Waals surface area contributed by atoms with E-state index in [-0.39, 0.29) is 5.69 Å². The summed E-state index contributed by atoms with van der Waals surface area (Å²) in [4.78, 5) is 15.0. The molecule has 1 aromatic carbocycles. The maximum atomic E-state index is 10.7. The average molecular weight is 276 g/mol. The van der Waals surface area contributed by atoms with Crippen LogP contribution >= 0.6 is 0 Å². The Morgan fingerprint density at radius 3 is 2.50 bits per heavy atom. The smallest absolute Gasteiger partial charge is 0.271 e. The molecule has 1 saturated carbocycles. The Balaban J connectivity index is 1.63. The lowest BCUT2D eigenvalue weighted by molar-refractivity contribution is -0.384. The van der Waals surface area contributed by atoms with Crippen LogP contribution in [-0.4, -0.2) is 42.5 Å². The van der Waals surface area contributed by atoms with Crippen molar-refractivity contribution in [3.8, 4) is 0 Å². The highest BCUT2D eigenvalue weighted by Crippen LogP contribution is 2.31. The van der Waals surface area contributed by atoms with Crippen molar-refractivity contribution in [3.05, 3.63) is 28.3 Å². The van der Waals surface area contributed by atoms with E-state index >= 15 is 0 Å². The Bertz CT molecular complexity index is 508. The van der Waals surface area contributed by atoms with Crippen LogP contribution in [0.15, 0.2) is 18.2 Å². The molecule has 2 fully saturated rings. The van der Waals surface area contributed by atoms with Crippen molar-refractivity contribution >= 4 is 17.1 Å². The molecule has 3 rings (SSSR count). The maximum absolute atomic E-state index is 10.7. The topological polar surface area (TPSA) is 75.6 Å². The van der Waals surface area contributed by atoms with Gasteiger partial charge in [-0.3, -0.25) is 15.0 Å². The number of nitrogens with zero attached hydrogens (tertiary/aromatic N) is 3. The lowest BCUT2D eigenvalue weighted by atomic mass is 10.2. The minimum atomic E-state index is -0.409. The molecular formula is C14H20N4O2. The number of hydrogen-bond acceptors (Lipinski definition) is 5. The number of nitro groups is 1. The van der Waals surface area contributed by atoms with E-state index in [4.69, 9.17) is 5.73 Å². The highest BCUT2D eigenvalue weighted by atomic mass is 16.6. The van der Waals surface area contributed by atoms with Crippen LogP contribution in [-0.2, 0) is 0 Å². The first-order chi connectivity index (χ1) is 9.63. The van der Waals surface area contributed by atoms with Crippen LogP contribution in [0.4, 0.5) is 17.1 Å². The SMILES string of the molecule is Nc1cc([N+](=O)[O-])ccc1N1CCN(CC2CC2)CC1. The number of nitrogen functional groups attached to an aromatic ring is 1. The summed E-state index contributed by atoms with van der Waals surface area (Å²) in [7, 11) is 0. The van der Waals surface area contributed by atoms with Crippen molar-refractivity contribution in [2.45, 2.75) is 12.8 Å². The van der Waals surface area contributed by atoms with Crippen molar-refractivity contribution in [1.29, 1.82) is 0 Å². The molecule has 6 heteroatoms. The Labute approximate surface area is 118 Å². The molecule has 2 aliphatic rings. The fourth-order valence-electron chi connectivity index (χ4n) is 2.78. The number of rotatable bonds is 4. The predicted octanol–water partition coefficient (Wildman–Crippen LogP) is 1.71. The number of nitrogens with two attached hydrogens (primary N) is 1. The Morgan fingerprint density at radius 1 is 1.25 bits per heavy atom. The van der Waals surface area contributed by atoms with Gasteiger partial charge in [-0.05, 0) is 24.8 Å². The first-order valence-electron chi connectivity index (χ1n) is 7.14. The number of nitro benzene ring substituents is 1. The predicted molar refractivity (Wildman–Crippen MR) is 78.9 cm³/mol. The van der Waals surface area contributed by atoms with Gasteiger partial charge >= 0.3 is 0 Å². The van der Waals surface area contributed by atoms with Crippen molar-refractivity contribution < 1.29 is 4.92 Å².